The molecule has 6 heteroatoms. The molecule has 2 aliphatic heterocycles. The molecule has 3 rings (SSSR count). The molecule has 0 saturated carbocycles. The standard InChI is InChI=1S/C15H18BNO4/c1-19-14-6-3-10(7-15(14)20-2)12-4-5-13(17-12)11-8-16(18)21-9-11/h3,5-7,11,18H,4,8-9H2,1-2H3. The van der Waals surface area contributed by atoms with Gasteiger partial charge in [-0.1, -0.05) is 6.08 Å². The molecule has 1 saturated heterocycles. The van der Waals surface area contributed by atoms with Crippen molar-refractivity contribution in [2.24, 2.45) is 10.9 Å². The minimum Gasteiger partial charge on any atom is -0.493 e. The summed E-state index contributed by atoms with van der Waals surface area (Å²) in [7, 11) is 2.59. The average Bonchev–Trinajstić information content (AvgIpc) is 3.15. The highest BCUT2D eigenvalue weighted by atomic mass is 16.5. The van der Waals surface area contributed by atoms with Crippen molar-refractivity contribution in [1.29, 1.82) is 0 Å². The van der Waals surface area contributed by atoms with E-state index in [4.69, 9.17) is 19.1 Å². The van der Waals surface area contributed by atoms with Gasteiger partial charge in [0.15, 0.2) is 11.5 Å². The van der Waals surface area contributed by atoms with Crippen LogP contribution in [-0.2, 0) is 4.65 Å². The van der Waals surface area contributed by atoms with Crippen LogP contribution in [-0.4, -0.2) is 38.7 Å². The van der Waals surface area contributed by atoms with Gasteiger partial charge in [-0.05, 0) is 24.5 Å². The highest BCUT2D eigenvalue weighted by Crippen LogP contribution is 2.32. The van der Waals surface area contributed by atoms with Gasteiger partial charge in [0.1, 0.15) is 0 Å². The maximum atomic E-state index is 9.44. The summed E-state index contributed by atoms with van der Waals surface area (Å²) in [4.78, 5) is 4.70. The summed E-state index contributed by atoms with van der Waals surface area (Å²) in [5, 5.41) is 9.44. The number of hydrogen-bond donors (Lipinski definition) is 1. The highest BCUT2D eigenvalue weighted by molar-refractivity contribution is 6.43. The van der Waals surface area contributed by atoms with E-state index in [1.54, 1.807) is 14.2 Å². The van der Waals surface area contributed by atoms with Crippen LogP contribution < -0.4 is 9.47 Å². The van der Waals surface area contributed by atoms with Crippen molar-refractivity contribution in [3.63, 3.8) is 0 Å². The lowest BCUT2D eigenvalue weighted by molar-refractivity contribution is 0.284. The van der Waals surface area contributed by atoms with Gasteiger partial charge >= 0.3 is 7.12 Å². The van der Waals surface area contributed by atoms with E-state index in [0.717, 1.165) is 23.4 Å². The SMILES string of the molecule is COc1ccc(C2=NC(C3COB(O)C3)=CC2)cc1OC. The van der Waals surface area contributed by atoms with Gasteiger partial charge < -0.3 is 19.2 Å². The third-order valence-corrected chi connectivity index (χ3v) is 3.88. The Morgan fingerprint density at radius 1 is 1.29 bits per heavy atom. The quantitative estimate of drug-likeness (QED) is 0.859. The lowest BCUT2D eigenvalue weighted by atomic mass is 9.81. The molecule has 0 aliphatic carbocycles. The Morgan fingerprint density at radius 3 is 2.76 bits per heavy atom. The van der Waals surface area contributed by atoms with Crippen LogP contribution in [0.4, 0.5) is 0 Å². The molecule has 2 heterocycles. The zero-order valence-corrected chi connectivity index (χ0v) is 12.2. The van der Waals surface area contributed by atoms with Crippen LogP contribution in [0.2, 0.25) is 6.32 Å². The molecule has 1 aromatic carbocycles. The zero-order chi connectivity index (χ0) is 14.8. The monoisotopic (exact) mass is 287 g/mol. The van der Waals surface area contributed by atoms with Crippen molar-refractivity contribution < 1.29 is 19.2 Å². The second-order valence-electron chi connectivity index (χ2n) is 5.18. The molecule has 2 aliphatic rings. The van der Waals surface area contributed by atoms with Crippen molar-refractivity contribution in [2.45, 2.75) is 12.7 Å². The van der Waals surface area contributed by atoms with E-state index < -0.39 is 7.12 Å². The first-order chi connectivity index (χ1) is 10.2. The molecule has 0 aromatic heterocycles. The topological polar surface area (TPSA) is 60.3 Å². The first-order valence-electron chi connectivity index (χ1n) is 7.01. The maximum absolute atomic E-state index is 9.44. The second-order valence-corrected chi connectivity index (χ2v) is 5.18. The highest BCUT2D eigenvalue weighted by Gasteiger charge is 2.32. The number of hydrogen-bond acceptors (Lipinski definition) is 5. The minimum atomic E-state index is -0.656. The summed E-state index contributed by atoms with van der Waals surface area (Å²) < 4.78 is 15.8. The molecule has 1 N–H and O–H groups in total. The number of allylic oxidation sites excluding steroid dienone is 1. The van der Waals surface area contributed by atoms with E-state index in [1.165, 1.54) is 0 Å². The van der Waals surface area contributed by atoms with Crippen molar-refractivity contribution in [3.8, 4) is 11.5 Å². The molecule has 1 fully saturated rings. The second kappa shape index (κ2) is 5.91. The van der Waals surface area contributed by atoms with Crippen molar-refractivity contribution in [1.82, 2.24) is 0 Å². The Balaban J connectivity index is 1.80. The van der Waals surface area contributed by atoms with Crippen LogP contribution in [0.5, 0.6) is 11.5 Å². The summed E-state index contributed by atoms with van der Waals surface area (Å²) >= 11 is 0. The van der Waals surface area contributed by atoms with E-state index >= 15 is 0 Å². The molecule has 0 radical (unpaired) electrons. The van der Waals surface area contributed by atoms with Gasteiger partial charge in [0.25, 0.3) is 0 Å². The fourth-order valence-electron chi connectivity index (χ4n) is 2.72. The van der Waals surface area contributed by atoms with Gasteiger partial charge in [-0.15, -0.1) is 0 Å². The number of rotatable bonds is 4. The summed E-state index contributed by atoms with van der Waals surface area (Å²) in [6.07, 6.45) is 3.52. The van der Waals surface area contributed by atoms with Gasteiger partial charge in [0.2, 0.25) is 0 Å². The van der Waals surface area contributed by atoms with Crippen LogP contribution >= 0.6 is 0 Å². The number of ether oxygens (including phenoxy) is 2. The van der Waals surface area contributed by atoms with Gasteiger partial charge in [0, 0.05) is 30.2 Å². The zero-order valence-electron chi connectivity index (χ0n) is 12.2. The van der Waals surface area contributed by atoms with E-state index in [-0.39, 0.29) is 5.92 Å². The van der Waals surface area contributed by atoms with E-state index in [1.807, 2.05) is 18.2 Å². The Bertz CT molecular complexity index is 599. The first-order valence-corrected chi connectivity index (χ1v) is 7.01. The summed E-state index contributed by atoms with van der Waals surface area (Å²) in [6, 6.07) is 5.81. The fourth-order valence-corrected chi connectivity index (χ4v) is 2.72. The molecule has 21 heavy (non-hydrogen) atoms. The number of nitrogens with zero attached hydrogens (tertiary/aromatic N) is 1. The molecule has 0 spiro atoms. The van der Waals surface area contributed by atoms with Crippen molar-refractivity contribution in [2.75, 3.05) is 20.8 Å². The molecular weight excluding hydrogens is 269 g/mol. The van der Waals surface area contributed by atoms with Crippen LogP contribution in [0, 0.1) is 5.92 Å². The number of methoxy groups -OCH3 is 2. The van der Waals surface area contributed by atoms with Gasteiger partial charge in [0.05, 0.1) is 19.9 Å². The van der Waals surface area contributed by atoms with Crippen molar-refractivity contribution >= 4 is 12.8 Å². The van der Waals surface area contributed by atoms with Crippen LogP contribution in [0.25, 0.3) is 0 Å². The Kier molecular flexibility index (Phi) is 3.99. The van der Waals surface area contributed by atoms with E-state index in [0.29, 0.717) is 24.4 Å². The third-order valence-electron chi connectivity index (χ3n) is 3.88. The molecular formula is C15H18BNO4. The van der Waals surface area contributed by atoms with Crippen molar-refractivity contribution in [3.05, 3.63) is 35.5 Å². The normalized spacial score (nSPS) is 21.3. The van der Waals surface area contributed by atoms with Crippen LogP contribution in [0.15, 0.2) is 35.0 Å². The molecule has 110 valence electrons. The fraction of sp³-hybridized carbons (Fsp3) is 0.400. The first kappa shape index (κ1) is 14.2. The van der Waals surface area contributed by atoms with Gasteiger partial charge in [-0.25, -0.2) is 0 Å². The van der Waals surface area contributed by atoms with Crippen LogP contribution in [0.3, 0.4) is 0 Å². The average molecular weight is 287 g/mol. The molecule has 0 amide bonds. The Labute approximate surface area is 124 Å². The van der Waals surface area contributed by atoms with E-state index in [9.17, 15) is 5.02 Å². The molecule has 1 atom stereocenters. The largest absolute Gasteiger partial charge is 0.493 e. The molecule has 0 bridgehead atoms. The summed E-state index contributed by atoms with van der Waals surface area (Å²) in [5.74, 6) is 1.60. The molecule has 1 unspecified atom stereocenters. The summed E-state index contributed by atoms with van der Waals surface area (Å²) in [5.41, 5.74) is 3.04. The number of benzene rings is 1. The van der Waals surface area contributed by atoms with Crippen LogP contribution in [0.1, 0.15) is 12.0 Å². The molecule has 1 aromatic rings. The maximum Gasteiger partial charge on any atom is 0.454 e. The Morgan fingerprint density at radius 2 is 2.10 bits per heavy atom. The Hall–Kier alpha value is -1.79. The van der Waals surface area contributed by atoms with E-state index in [2.05, 4.69) is 6.08 Å². The lowest BCUT2D eigenvalue weighted by Gasteiger charge is -2.09. The summed E-state index contributed by atoms with van der Waals surface area (Å²) in [6.45, 7) is 0.537. The lowest BCUT2D eigenvalue weighted by Crippen LogP contribution is -2.08. The molecule has 5 nitrogen and oxygen atoms in total. The third kappa shape index (κ3) is 2.82. The minimum absolute atomic E-state index is 0.192. The van der Waals surface area contributed by atoms with Gasteiger partial charge in [-0.3, -0.25) is 4.99 Å². The predicted molar refractivity (Wildman–Crippen MR) is 81.0 cm³/mol. The number of aliphatic imine (C=N–C) groups is 1. The smallest absolute Gasteiger partial charge is 0.454 e. The van der Waals surface area contributed by atoms with Gasteiger partial charge in [-0.2, -0.15) is 0 Å². The predicted octanol–water partition coefficient (Wildman–Crippen LogP) is 1.91.